The lowest BCUT2D eigenvalue weighted by Crippen LogP contribution is -2.30. The Kier molecular flexibility index (Phi) is 4.42. The van der Waals surface area contributed by atoms with Gasteiger partial charge in [0.15, 0.2) is 0 Å². The van der Waals surface area contributed by atoms with Crippen LogP contribution in [-0.2, 0) is 11.2 Å². The third kappa shape index (κ3) is 3.91. The van der Waals surface area contributed by atoms with Crippen molar-refractivity contribution in [3.05, 3.63) is 29.6 Å². The van der Waals surface area contributed by atoms with Gasteiger partial charge in [-0.05, 0) is 30.9 Å². The van der Waals surface area contributed by atoms with Gasteiger partial charge in [0, 0.05) is 17.8 Å². The topological polar surface area (TPSA) is 42.4 Å². The van der Waals surface area contributed by atoms with Crippen LogP contribution in [0.5, 0.6) is 0 Å². The maximum Gasteiger partial charge on any atom is 0.411 e. The molecule has 106 valence electrons. The van der Waals surface area contributed by atoms with Gasteiger partial charge in [0.1, 0.15) is 6.61 Å². The number of rotatable bonds is 4. The lowest BCUT2D eigenvalue weighted by molar-refractivity contribution is -0.180. The normalized spacial score (nSPS) is 20.9. The Labute approximate surface area is 109 Å². The Morgan fingerprint density at radius 3 is 3.00 bits per heavy atom. The van der Waals surface area contributed by atoms with E-state index in [9.17, 15) is 18.3 Å². The smallest absolute Gasteiger partial charge is 0.390 e. The quantitative estimate of drug-likeness (QED) is 0.917. The molecule has 2 unspecified atom stereocenters. The molecular formula is C13H16F3NO2. The number of ether oxygens (including phenoxy) is 1. The average Bonchev–Trinajstić information content (AvgIpc) is 2.36. The average molecular weight is 275 g/mol. The van der Waals surface area contributed by atoms with E-state index in [2.05, 4.69) is 9.72 Å². The minimum Gasteiger partial charge on any atom is -0.390 e. The van der Waals surface area contributed by atoms with Crippen LogP contribution in [0.25, 0.3) is 0 Å². The Bertz CT molecular complexity index is 423. The van der Waals surface area contributed by atoms with Gasteiger partial charge in [0.05, 0.1) is 12.7 Å². The predicted molar refractivity (Wildman–Crippen MR) is 62.8 cm³/mol. The number of pyridine rings is 1. The molecular weight excluding hydrogens is 259 g/mol. The molecule has 0 aliphatic heterocycles. The number of alkyl halides is 3. The van der Waals surface area contributed by atoms with Crippen molar-refractivity contribution >= 4 is 0 Å². The van der Waals surface area contributed by atoms with E-state index in [1.54, 1.807) is 6.20 Å². The summed E-state index contributed by atoms with van der Waals surface area (Å²) in [6.45, 7) is -1.65. The summed E-state index contributed by atoms with van der Waals surface area (Å²) in [7, 11) is 0. The second kappa shape index (κ2) is 5.88. The van der Waals surface area contributed by atoms with Crippen molar-refractivity contribution in [3.8, 4) is 0 Å². The van der Waals surface area contributed by atoms with Crippen molar-refractivity contribution in [2.45, 2.75) is 37.5 Å². The first-order valence-electron chi connectivity index (χ1n) is 6.24. The van der Waals surface area contributed by atoms with Gasteiger partial charge in [-0.25, -0.2) is 0 Å². The van der Waals surface area contributed by atoms with E-state index in [0.29, 0.717) is 0 Å². The monoisotopic (exact) mass is 275 g/mol. The van der Waals surface area contributed by atoms with Gasteiger partial charge in [-0.1, -0.05) is 6.07 Å². The highest BCUT2D eigenvalue weighted by molar-refractivity contribution is 5.26. The second-order valence-corrected chi connectivity index (χ2v) is 4.74. The summed E-state index contributed by atoms with van der Waals surface area (Å²) in [6, 6.07) is 3.77. The maximum absolute atomic E-state index is 12.0. The first-order chi connectivity index (χ1) is 8.97. The van der Waals surface area contributed by atoms with E-state index in [1.165, 1.54) is 0 Å². The van der Waals surface area contributed by atoms with E-state index in [4.69, 9.17) is 0 Å². The molecule has 6 heteroatoms. The number of fused-ring (bicyclic) bond motifs is 1. The molecule has 0 bridgehead atoms. The highest BCUT2D eigenvalue weighted by atomic mass is 19.4. The fourth-order valence-electron chi connectivity index (χ4n) is 2.43. The zero-order valence-electron chi connectivity index (χ0n) is 10.4. The first-order valence-corrected chi connectivity index (χ1v) is 6.24. The summed E-state index contributed by atoms with van der Waals surface area (Å²) in [5.74, 6) is -0.238. The third-order valence-corrected chi connectivity index (χ3v) is 3.26. The molecule has 0 spiro atoms. The molecule has 0 amide bonds. The molecule has 1 aliphatic rings. The number of aryl methyl sites for hydroxylation is 1. The summed E-state index contributed by atoms with van der Waals surface area (Å²) in [4.78, 5) is 4.24. The summed E-state index contributed by atoms with van der Waals surface area (Å²) in [5.41, 5.74) is 1.85. The molecule has 3 nitrogen and oxygen atoms in total. The molecule has 0 saturated carbocycles. The van der Waals surface area contributed by atoms with Gasteiger partial charge >= 0.3 is 6.18 Å². The molecule has 1 aromatic rings. The van der Waals surface area contributed by atoms with Crippen LogP contribution in [-0.4, -0.2) is 35.6 Å². The number of hydrogen-bond donors (Lipinski definition) is 1. The van der Waals surface area contributed by atoms with E-state index in [0.717, 1.165) is 30.5 Å². The zero-order valence-corrected chi connectivity index (χ0v) is 10.4. The molecule has 0 aromatic carbocycles. The molecule has 0 saturated heterocycles. The zero-order chi connectivity index (χ0) is 13.9. The highest BCUT2D eigenvalue weighted by Gasteiger charge is 2.31. The van der Waals surface area contributed by atoms with E-state index in [1.807, 2.05) is 12.1 Å². The molecule has 1 N–H and O–H groups in total. The standard InChI is InChI=1S/C13H16F3NO2/c14-13(15,16)8-19-7-11(18)10-5-1-3-9-4-2-6-17-12(9)10/h2,4,6,10-11,18H,1,3,5,7-8H2. The lowest BCUT2D eigenvalue weighted by Gasteiger charge is -2.28. The number of nitrogens with zero attached hydrogens (tertiary/aromatic N) is 1. The van der Waals surface area contributed by atoms with Gasteiger partial charge in [-0.2, -0.15) is 13.2 Å². The van der Waals surface area contributed by atoms with Crippen molar-refractivity contribution in [1.29, 1.82) is 0 Å². The Hall–Kier alpha value is -1.14. The third-order valence-electron chi connectivity index (χ3n) is 3.26. The molecule has 1 aliphatic carbocycles. The molecule has 0 fully saturated rings. The number of hydrogen-bond acceptors (Lipinski definition) is 3. The Balaban J connectivity index is 1.95. The van der Waals surface area contributed by atoms with Gasteiger partial charge in [0.2, 0.25) is 0 Å². The molecule has 1 heterocycles. The fourth-order valence-corrected chi connectivity index (χ4v) is 2.43. The first kappa shape index (κ1) is 14.3. The summed E-state index contributed by atoms with van der Waals surface area (Å²) in [5, 5.41) is 9.99. The maximum atomic E-state index is 12.0. The van der Waals surface area contributed by atoms with Crippen LogP contribution in [0.1, 0.15) is 30.0 Å². The number of halogens is 3. The van der Waals surface area contributed by atoms with Gasteiger partial charge in [-0.3, -0.25) is 4.98 Å². The second-order valence-electron chi connectivity index (χ2n) is 4.74. The minimum absolute atomic E-state index is 0.238. The molecule has 2 atom stereocenters. The molecule has 19 heavy (non-hydrogen) atoms. The molecule has 2 rings (SSSR count). The summed E-state index contributed by atoms with van der Waals surface area (Å²) < 4.78 is 40.4. The van der Waals surface area contributed by atoms with Crippen LogP contribution < -0.4 is 0 Å². The van der Waals surface area contributed by atoms with E-state index < -0.39 is 18.9 Å². The minimum atomic E-state index is -4.36. The van der Waals surface area contributed by atoms with Crippen molar-refractivity contribution in [2.75, 3.05) is 13.2 Å². The van der Waals surface area contributed by atoms with Crippen LogP contribution in [0.4, 0.5) is 13.2 Å². The fraction of sp³-hybridized carbons (Fsp3) is 0.615. The van der Waals surface area contributed by atoms with Crippen LogP contribution in [0.2, 0.25) is 0 Å². The van der Waals surface area contributed by atoms with E-state index >= 15 is 0 Å². The lowest BCUT2D eigenvalue weighted by atomic mass is 9.83. The Morgan fingerprint density at radius 1 is 1.47 bits per heavy atom. The van der Waals surface area contributed by atoms with Crippen LogP contribution in [0.15, 0.2) is 18.3 Å². The van der Waals surface area contributed by atoms with Crippen LogP contribution >= 0.6 is 0 Å². The van der Waals surface area contributed by atoms with Crippen LogP contribution in [0.3, 0.4) is 0 Å². The van der Waals surface area contributed by atoms with Crippen molar-refractivity contribution in [3.63, 3.8) is 0 Å². The molecule has 1 aromatic heterocycles. The summed E-state index contributed by atoms with van der Waals surface area (Å²) in [6.07, 6.45) is -1.14. The Morgan fingerprint density at radius 2 is 2.26 bits per heavy atom. The van der Waals surface area contributed by atoms with E-state index in [-0.39, 0.29) is 12.5 Å². The number of aliphatic hydroxyl groups is 1. The highest BCUT2D eigenvalue weighted by Crippen LogP contribution is 2.32. The number of aromatic nitrogens is 1. The van der Waals surface area contributed by atoms with Crippen molar-refractivity contribution in [1.82, 2.24) is 4.98 Å². The van der Waals surface area contributed by atoms with Crippen molar-refractivity contribution in [2.24, 2.45) is 0 Å². The largest absolute Gasteiger partial charge is 0.411 e. The molecule has 0 radical (unpaired) electrons. The summed E-state index contributed by atoms with van der Waals surface area (Å²) >= 11 is 0. The SMILES string of the molecule is OC(COCC(F)(F)F)C1CCCc2cccnc21. The van der Waals surface area contributed by atoms with Gasteiger partial charge < -0.3 is 9.84 Å². The van der Waals surface area contributed by atoms with Crippen LogP contribution in [0, 0.1) is 0 Å². The predicted octanol–water partition coefficient (Wildman–Crippen LogP) is 2.44. The van der Waals surface area contributed by atoms with Gasteiger partial charge in [-0.15, -0.1) is 0 Å². The van der Waals surface area contributed by atoms with Gasteiger partial charge in [0.25, 0.3) is 0 Å². The number of aliphatic hydroxyl groups excluding tert-OH is 1. The van der Waals surface area contributed by atoms with Crippen molar-refractivity contribution < 1.29 is 23.0 Å².